The van der Waals surface area contributed by atoms with Gasteiger partial charge in [-0.1, -0.05) is 0 Å². The highest BCUT2D eigenvalue weighted by Gasteiger charge is 2.49. The highest BCUT2D eigenvalue weighted by Crippen LogP contribution is 2.43. The molecule has 2 heterocycles. The van der Waals surface area contributed by atoms with Crippen molar-refractivity contribution < 1.29 is 23.9 Å². The average Bonchev–Trinajstić information content (AvgIpc) is 2.80. The molecule has 0 unspecified atom stereocenters. The number of carbonyl (C=O) groups excluding carboxylic acids is 1. The molecule has 0 radical (unpaired) electrons. The van der Waals surface area contributed by atoms with E-state index in [1.807, 2.05) is 0 Å². The van der Waals surface area contributed by atoms with Crippen molar-refractivity contribution in [1.29, 1.82) is 0 Å². The number of benzene rings is 1. The molecule has 1 N–H and O–H groups in total. The minimum absolute atomic E-state index is 0.0362. The van der Waals surface area contributed by atoms with Crippen molar-refractivity contribution in [3.8, 4) is 0 Å². The van der Waals surface area contributed by atoms with Crippen LogP contribution in [-0.4, -0.2) is 41.9 Å². The maximum atomic E-state index is 13.0. The first kappa shape index (κ1) is 14.8. The normalized spacial score (nSPS) is 21.3. The fourth-order valence-corrected chi connectivity index (χ4v) is 3.27. The maximum absolute atomic E-state index is 13.0. The molecule has 2 aliphatic heterocycles. The number of carboxylic acid groups (broad SMARTS) is 1. The third kappa shape index (κ3) is 2.64. The first-order valence-corrected chi connectivity index (χ1v) is 7.24. The van der Waals surface area contributed by atoms with E-state index in [4.69, 9.17) is 5.11 Å². The number of amides is 1. The van der Waals surface area contributed by atoms with Gasteiger partial charge < -0.3 is 14.8 Å². The molecule has 1 spiro atoms. The number of hydroxylamine groups is 2. The average molecular weight is 308 g/mol. The lowest BCUT2D eigenvalue weighted by molar-refractivity contribution is -0.153. The molecule has 118 valence electrons. The van der Waals surface area contributed by atoms with Gasteiger partial charge in [0.1, 0.15) is 5.82 Å². The van der Waals surface area contributed by atoms with Gasteiger partial charge in [-0.2, -0.15) is 0 Å². The van der Waals surface area contributed by atoms with E-state index in [2.05, 4.69) is 4.84 Å². The van der Waals surface area contributed by atoms with Gasteiger partial charge in [-0.15, -0.1) is 5.06 Å². The van der Waals surface area contributed by atoms with E-state index in [9.17, 15) is 14.0 Å². The Labute approximate surface area is 127 Å². The largest absolute Gasteiger partial charge is 0.525 e. The number of nitrogens with zero attached hydrogens (tertiary/aromatic N) is 2. The summed E-state index contributed by atoms with van der Waals surface area (Å²) < 4.78 is 13.0. The molecule has 1 aromatic carbocycles. The summed E-state index contributed by atoms with van der Waals surface area (Å²) in [5.74, 6) is -0.293. The third-order valence-electron chi connectivity index (χ3n) is 4.54. The van der Waals surface area contributed by atoms with Gasteiger partial charge in [-0.05, 0) is 43.5 Å². The van der Waals surface area contributed by atoms with Crippen LogP contribution in [0.15, 0.2) is 24.3 Å². The van der Waals surface area contributed by atoms with Crippen LogP contribution in [0.1, 0.15) is 19.3 Å². The van der Waals surface area contributed by atoms with Crippen LogP contribution in [0.5, 0.6) is 0 Å². The van der Waals surface area contributed by atoms with Gasteiger partial charge in [-0.25, -0.2) is 9.18 Å². The van der Waals surface area contributed by atoms with Gasteiger partial charge in [0.15, 0.2) is 0 Å². The molecule has 22 heavy (non-hydrogen) atoms. The van der Waals surface area contributed by atoms with Crippen molar-refractivity contribution in [1.82, 2.24) is 5.06 Å². The molecular weight excluding hydrogens is 291 g/mol. The van der Waals surface area contributed by atoms with Gasteiger partial charge in [0, 0.05) is 25.3 Å². The second kappa shape index (κ2) is 5.57. The lowest BCUT2D eigenvalue weighted by Crippen LogP contribution is -2.45. The second-order valence-electron chi connectivity index (χ2n) is 5.75. The molecule has 2 fully saturated rings. The van der Waals surface area contributed by atoms with Crippen LogP contribution < -0.4 is 4.90 Å². The third-order valence-corrected chi connectivity index (χ3v) is 4.54. The summed E-state index contributed by atoms with van der Waals surface area (Å²) in [7, 11) is 0. The Kier molecular flexibility index (Phi) is 3.74. The zero-order valence-corrected chi connectivity index (χ0v) is 12.0. The number of carbonyl (C=O) groups is 2. The fourth-order valence-electron chi connectivity index (χ4n) is 3.27. The minimum atomic E-state index is -1.33. The Morgan fingerprint density at radius 3 is 2.32 bits per heavy atom. The van der Waals surface area contributed by atoms with Crippen molar-refractivity contribution in [2.45, 2.75) is 19.3 Å². The summed E-state index contributed by atoms with van der Waals surface area (Å²) in [5.41, 5.74) is 0.250. The fraction of sp³-hybridized carbons (Fsp3) is 0.467. The topological polar surface area (TPSA) is 70.1 Å². The molecular formula is C15H17FN2O4. The monoisotopic (exact) mass is 308 g/mol. The summed E-state index contributed by atoms with van der Waals surface area (Å²) in [5, 5.41) is 9.99. The summed E-state index contributed by atoms with van der Waals surface area (Å²) in [6.45, 7) is 1.43. The standard InChI is InChI=1S/C15H17FN2O4/c16-11-1-3-12(4-2-11)18-10-7-15(13(18)19)5-8-17(9-6-15)22-14(20)21/h1-4H,5-10H2,(H,20,21). The van der Waals surface area contributed by atoms with Crippen LogP contribution in [0.2, 0.25) is 0 Å². The highest BCUT2D eigenvalue weighted by molar-refractivity contribution is 5.99. The smallest absolute Gasteiger partial charge is 0.448 e. The molecule has 2 saturated heterocycles. The molecule has 7 heteroatoms. The van der Waals surface area contributed by atoms with Gasteiger partial charge in [0.25, 0.3) is 0 Å². The summed E-state index contributed by atoms with van der Waals surface area (Å²) >= 11 is 0. The molecule has 0 bridgehead atoms. The zero-order valence-electron chi connectivity index (χ0n) is 12.0. The van der Waals surface area contributed by atoms with E-state index in [1.54, 1.807) is 17.0 Å². The van der Waals surface area contributed by atoms with Crippen LogP contribution in [-0.2, 0) is 9.63 Å². The second-order valence-corrected chi connectivity index (χ2v) is 5.75. The lowest BCUT2D eigenvalue weighted by atomic mass is 9.77. The van der Waals surface area contributed by atoms with E-state index < -0.39 is 11.6 Å². The number of hydrogen-bond acceptors (Lipinski definition) is 4. The summed E-state index contributed by atoms with van der Waals surface area (Å²) in [4.78, 5) is 29.6. The van der Waals surface area contributed by atoms with Gasteiger partial charge in [-0.3, -0.25) is 4.79 Å². The summed E-state index contributed by atoms with van der Waals surface area (Å²) in [6.07, 6.45) is 0.527. The molecule has 0 aromatic heterocycles. The predicted octanol–water partition coefficient (Wildman–Crippen LogP) is 2.25. The Morgan fingerprint density at radius 1 is 1.14 bits per heavy atom. The number of piperidine rings is 1. The maximum Gasteiger partial charge on any atom is 0.525 e. The lowest BCUT2D eigenvalue weighted by Gasteiger charge is -2.36. The molecule has 3 rings (SSSR count). The van der Waals surface area contributed by atoms with Crippen molar-refractivity contribution in [2.75, 3.05) is 24.5 Å². The van der Waals surface area contributed by atoms with Crippen LogP contribution in [0.25, 0.3) is 0 Å². The summed E-state index contributed by atoms with van der Waals surface area (Å²) in [6, 6.07) is 5.90. The van der Waals surface area contributed by atoms with E-state index in [0.717, 1.165) is 6.42 Å². The SMILES string of the molecule is O=C(O)ON1CCC2(CC1)CCN(c1ccc(F)cc1)C2=O. The van der Waals surface area contributed by atoms with E-state index in [1.165, 1.54) is 17.2 Å². The van der Waals surface area contributed by atoms with Gasteiger partial charge >= 0.3 is 6.16 Å². The first-order valence-electron chi connectivity index (χ1n) is 7.24. The van der Waals surface area contributed by atoms with Crippen LogP contribution >= 0.6 is 0 Å². The molecule has 0 atom stereocenters. The zero-order chi connectivity index (χ0) is 15.7. The van der Waals surface area contributed by atoms with Crippen molar-refractivity contribution in [3.05, 3.63) is 30.1 Å². The molecule has 2 aliphatic rings. The first-order chi connectivity index (χ1) is 10.5. The number of rotatable bonds is 2. The minimum Gasteiger partial charge on any atom is -0.448 e. The van der Waals surface area contributed by atoms with Crippen LogP contribution in [0, 0.1) is 11.2 Å². The Bertz CT molecular complexity index is 582. The van der Waals surface area contributed by atoms with Crippen molar-refractivity contribution in [2.24, 2.45) is 5.41 Å². The molecule has 0 saturated carbocycles. The van der Waals surface area contributed by atoms with Crippen LogP contribution in [0.3, 0.4) is 0 Å². The van der Waals surface area contributed by atoms with E-state index >= 15 is 0 Å². The quantitative estimate of drug-likeness (QED) is 0.907. The van der Waals surface area contributed by atoms with Crippen LogP contribution in [0.4, 0.5) is 14.9 Å². The van der Waals surface area contributed by atoms with E-state index in [-0.39, 0.29) is 11.7 Å². The molecule has 1 amide bonds. The molecule has 1 aromatic rings. The predicted molar refractivity (Wildman–Crippen MR) is 75.7 cm³/mol. The molecule has 6 nitrogen and oxygen atoms in total. The van der Waals surface area contributed by atoms with Crippen molar-refractivity contribution in [3.63, 3.8) is 0 Å². The number of halogens is 1. The molecule has 0 aliphatic carbocycles. The Hall–Kier alpha value is -2.15. The number of hydrogen-bond donors (Lipinski definition) is 1. The van der Waals surface area contributed by atoms with Crippen molar-refractivity contribution >= 4 is 17.7 Å². The number of anilines is 1. The van der Waals surface area contributed by atoms with Gasteiger partial charge in [0.05, 0.1) is 5.41 Å². The van der Waals surface area contributed by atoms with Gasteiger partial charge in [0.2, 0.25) is 5.91 Å². The highest BCUT2D eigenvalue weighted by atomic mass is 19.1. The Morgan fingerprint density at radius 2 is 1.73 bits per heavy atom. The van der Waals surface area contributed by atoms with E-state index in [0.29, 0.717) is 38.2 Å². The Balaban J connectivity index is 1.69.